The third-order valence-electron chi connectivity index (χ3n) is 5.07. The molecule has 0 aliphatic carbocycles. The summed E-state index contributed by atoms with van der Waals surface area (Å²) >= 11 is 0. The second-order valence-corrected chi connectivity index (χ2v) is 8.62. The molecular formula is C19H24N2O5S. The van der Waals surface area contributed by atoms with Crippen LogP contribution in [0.4, 0.5) is 0 Å². The molecule has 0 saturated carbocycles. The molecule has 1 fully saturated rings. The molecule has 0 bridgehead atoms. The van der Waals surface area contributed by atoms with Gasteiger partial charge in [-0.15, -0.1) is 0 Å². The highest BCUT2D eigenvalue weighted by Crippen LogP contribution is 2.34. The van der Waals surface area contributed by atoms with Gasteiger partial charge in [0.2, 0.25) is 16.8 Å². The molecule has 2 aliphatic heterocycles. The van der Waals surface area contributed by atoms with E-state index >= 15 is 0 Å². The fourth-order valence-electron chi connectivity index (χ4n) is 3.61. The Kier molecular flexibility index (Phi) is 5.38. The maximum Gasteiger partial charge on any atom is 0.240 e. The van der Waals surface area contributed by atoms with Gasteiger partial charge in [-0.05, 0) is 50.2 Å². The van der Waals surface area contributed by atoms with Crippen molar-refractivity contribution in [2.24, 2.45) is 0 Å². The van der Waals surface area contributed by atoms with Gasteiger partial charge in [-0.25, -0.2) is 13.1 Å². The Bertz CT molecular complexity index is 858. The van der Waals surface area contributed by atoms with Crippen molar-refractivity contribution in [2.45, 2.75) is 36.6 Å². The van der Waals surface area contributed by atoms with Crippen molar-refractivity contribution >= 4 is 10.0 Å². The summed E-state index contributed by atoms with van der Waals surface area (Å²) < 4.78 is 44.5. The largest absolute Gasteiger partial charge is 0.468 e. The molecule has 7 nitrogen and oxygen atoms in total. The predicted molar refractivity (Wildman–Crippen MR) is 99.2 cm³/mol. The van der Waals surface area contributed by atoms with Gasteiger partial charge in [-0.1, -0.05) is 12.8 Å². The summed E-state index contributed by atoms with van der Waals surface area (Å²) in [5.74, 6) is 1.80. The van der Waals surface area contributed by atoms with Gasteiger partial charge >= 0.3 is 0 Å². The molecule has 0 amide bonds. The van der Waals surface area contributed by atoms with Gasteiger partial charge in [0.05, 0.1) is 17.2 Å². The molecule has 4 rings (SSSR count). The molecule has 1 unspecified atom stereocenters. The zero-order chi connectivity index (χ0) is 18.7. The first-order chi connectivity index (χ1) is 13.1. The van der Waals surface area contributed by atoms with Crippen LogP contribution in [-0.2, 0) is 10.0 Å². The molecule has 0 radical (unpaired) electrons. The van der Waals surface area contributed by atoms with Crippen molar-refractivity contribution in [3.8, 4) is 11.5 Å². The van der Waals surface area contributed by atoms with Crippen LogP contribution in [-0.4, -0.2) is 39.7 Å². The van der Waals surface area contributed by atoms with E-state index in [0.717, 1.165) is 31.7 Å². The van der Waals surface area contributed by atoms with Crippen molar-refractivity contribution < 1.29 is 22.3 Å². The van der Waals surface area contributed by atoms with E-state index in [0.29, 0.717) is 11.5 Å². The topological polar surface area (TPSA) is 81.0 Å². The molecule has 1 aromatic heterocycles. The first kappa shape index (κ1) is 18.3. The van der Waals surface area contributed by atoms with E-state index in [1.165, 1.54) is 25.0 Å². The fourth-order valence-corrected chi connectivity index (χ4v) is 4.67. The number of nitrogens with one attached hydrogen (secondary N) is 1. The Morgan fingerprint density at radius 3 is 2.56 bits per heavy atom. The Balaban J connectivity index is 1.51. The lowest BCUT2D eigenvalue weighted by Gasteiger charge is -2.29. The lowest BCUT2D eigenvalue weighted by molar-refractivity contribution is 0.174. The van der Waals surface area contributed by atoms with E-state index in [4.69, 9.17) is 13.9 Å². The van der Waals surface area contributed by atoms with Crippen LogP contribution in [0.3, 0.4) is 0 Å². The highest BCUT2D eigenvalue weighted by Gasteiger charge is 2.27. The highest BCUT2D eigenvalue weighted by atomic mass is 32.2. The third kappa shape index (κ3) is 4.12. The van der Waals surface area contributed by atoms with E-state index in [9.17, 15) is 8.42 Å². The average Bonchev–Trinajstić information content (AvgIpc) is 3.29. The molecule has 1 aromatic carbocycles. The van der Waals surface area contributed by atoms with Gasteiger partial charge in [-0.3, -0.25) is 4.90 Å². The predicted octanol–water partition coefficient (Wildman–Crippen LogP) is 2.90. The van der Waals surface area contributed by atoms with Crippen LogP contribution in [0.5, 0.6) is 11.5 Å². The van der Waals surface area contributed by atoms with Gasteiger partial charge in [0.1, 0.15) is 5.76 Å². The number of hydrogen-bond donors (Lipinski definition) is 1. The van der Waals surface area contributed by atoms with E-state index in [2.05, 4.69) is 9.62 Å². The summed E-state index contributed by atoms with van der Waals surface area (Å²) in [5.41, 5.74) is 0. The molecule has 3 heterocycles. The number of nitrogens with zero attached hydrogens (tertiary/aromatic N) is 1. The number of hydrogen-bond acceptors (Lipinski definition) is 6. The Morgan fingerprint density at radius 2 is 1.81 bits per heavy atom. The number of sulfonamides is 1. The van der Waals surface area contributed by atoms with E-state index in [-0.39, 0.29) is 24.3 Å². The molecule has 2 aromatic rings. The molecular weight excluding hydrogens is 368 g/mol. The van der Waals surface area contributed by atoms with Crippen molar-refractivity contribution in [3.63, 3.8) is 0 Å². The van der Waals surface area contributed by atoms with Crippen LogP contribution in [0.15, 0.2) is 45.9 Å². The van der Waals surface area contributed by atoms with Crippen LogP contribution >= 0.6 is 0 Å². The van der Waals surface area contributed by atoms with Crippen molar-refractivity contribution in [1.82, 2.24) is 9.62 Å². The molecule has 0 spiro atoms. The van der Waals surface area contributed by atoms with Crippen molar-refractivity contribution in [1.29, 1.82) is 0 Å². The summed E-state index contributed by atoms with van der Waals surface area (Å²) in [5, 5.41) is 0. The van der Waals surface area contributed by atoms with Gasteiger partial charge < -0.3 is 13.9 Å². The van der Waals surface area contributed by atoms with Crippen molar-refractivity contribution in [2.75, 3.05) is 26.4 Å². The van der Waals surface area contributed by atoms with Crippen LogP contribution in [0, 0.1) is 0 Å². The fraction of sp³-hybridized carbons (Fsp3) is 0.474. The van der Waals surface area contributed by atoms with Gasteiger partial charge in [0.15, 0.2) is 11.5 Å². The van der Waals surface area contributed by atoms with E-state index in [1.807, 2.05) is 12.1 Å². The van der Waals surface area contributed by atoms with Gasteiger partial charge in [0, 0.05) is 12.6 Å². The van der Waals surface area contributed by atoms with Crippen molar-refractivity contribution in [3.05, 3.63) is 42.4 Å². The Hall–Kier alpha value is -2.03. The second kappa shape index (κ2) is 7.92. The van der Waals surface area contributed by atoms with E-state index < -0.39 is 10.0 Å². The zero-order valence-electron chi connectivity index (χ0n) is 15.1. The van der Waals surface area contributed by atoms with Crippen LogP contribution < -0.4 is 14.2 Å². The average molecular weight is 392 g/mol. The molecule has 2 aliphatic rings. The molecule has 146 valence electrons. The summed E-state index contributed by atoms with van der Waals surface area (Å²) in [6.45, 7) is 2.25. The second-order valence-electron chi connectivity index (χ2n) is 6.85. The Labute approximate surface area is 159 Å². The minimum Gasteiger partial charge on any atom is -0.468 e. The van der Waals surface area contributed by atoms with Crippen LogP contribution in [0.1, 0.15) is 37.5 Å². The molecule has 8 heteroatoms. The van der Waals surface area contributed by atoms with Crippen LogP contribution in [0.2, 0.25) is 0 Å². The summed E-state index contributed by atoms with van der Waals surface area (Å²) in [7, 11) is -3.67. The number of likely N-dealkylation sites (tertiary alicyclic amines) is 1. The monoisotopic (exact) mass is 392 g/mol. The summed E-state index contributed by atoms with van der Waals surface area (Å²) in [6.07, 6.45) is 6.29. The lowest BCUT2D eigenvalue weighted by Crippen LogP contribution is -2.38. The lowest BCUT2D eigenvalue weighted by atomic mass is 10.2. The first-order valence-electron chi connectivity index (χ1n) is 9.30. The summed E-state index contributed by atoms with van der Waals surface area (Å²) in [4.78, 5) is 2.48. The number of fused-ring (bicyclic) bond motifs is 1. The Morgan fingerprint density at radius 1 is 1.04 bits per heavy atom. The maximum absolute atomic E-state index is 12.8. The maximum atomic E-state index is 12.8. The minimum absolute atomic E-state index is 0.113. The quantitative estimate of drug-likeness (QED) is 0.814. The van der Waals surface area contributed by atoms with Crippen LogP contribution in [0.25, 0.3) is 0 Å². The summed E-state index contributed by atoms with van der Waals surface area (Å²) in [6, 6.07) is 8.27. The number of furan rings is 1. The minimum atomic E-state index is -3.67. The third-order valence-corrected chi connectivity index (χ3v) is 6.50. The molecule has 27 heavy (non-hydrogen) atoms. The van der Waals surface area contributed by atoms with Gasteiger partial charge in [-0.2, -0.15) is 0 Å². The number of ether oxygens (including phenoxy) is 2. The first-order valence-corrected chi connectivity index (χ1v) is 10.8. The normalized spacial score (nSPS) is 19.0. The molecule has 1 atom stereocenters. The smallest absolute Gasteiger partial charge is 0.240 e. The molecule has 1 N–H and O–H groups in total. The highest BCUT2D eigenvalue weighted by molar-refractivity contribution is 7.89. The molecule has 1 saturated heterocycles. The SMILES string of the molecule is O=S(=O)(NCC(c1ccco1)N1CCCCCC1)c1ccc2c(c1)OCO2. The standard InChI is InChI=1S/C19H24N2O5S/c22-27(23,15-7-8-18-19(12-15)26-14-25-18)20-13-16(17-6-5-11-24-17)21-9-3-1-2-4-10-21/h5-8,11-12,16,20H,1-4,9-10,13-14H2. The number of rotatable bonds is 6. The van der Waals surface area contributed by atoms with E-state index in [1.54, 1.807) is 12.3 Å². The number of benzene rings is 1. The zero-order valence-corrected chi connectivity index (χ0v) is 15.9. The van der Waals surface area contributed by atoms with Gasteiger partial charge in [0.25, 0.3) is 0 Å².